The lowest BCUT2D eigenvalue weighted by Gasteiger charge is -2.24. The number of aromatic amines is 1. The average Bonchev–Trinajstić information content (AvgIpc) is 2.99. The van der Waals surface area contributed by atoms with Gasteiger partial charge in [-0.05, 0) is 44.2 Å². The van der Waals surface area contributed by atoms with E-state index in [1.54, 1.807) is 0 Å². The van der Waals surface area contributed by atoms with Gasteiger partial charge in [0.25, 0.3) is 0 Å². The van der Waals surface area contributed by atoms with Crippen LogP contribution in [0.1, 0.15) is 30.5 Å². The fourth-order valence-corrected chi connectivity index (χ4v) is 2.75. The van der Waals surface area contributed by atoms with E-state index in [9.17, 15) is 4.79 Å². The SMILES string of the molecule is Cl.O=C(NC1CCc2[nH]ncc2C1)C1CCCN1. The van der Waals surface area contributed by atoms with Crippen LogP contribution in [0.5, 0.6) is 0 Å². The molecule has 100 valence electrons. The van der Waals surface area contributed by atoms with E-state index >= 15 is 0 Å². The lowest BCUT2D eigenvalue weighted by Crippen LogP contribution is -2.46. The first-order valence-electron chi connectivity index (χ1n) is 6.38. The first kappa shape index (κ1) is 13.4. The van der Waals surface area contributed by atoms with E-state index in [1.807, 2.05) is 6.20 Å². The van der Waals surface area contributed by atoms with Crippen LogP contribution in [0, 0.1) is 0 Å². The summed E-state index contributed by atoms with van der Waals surface area (Å²) in [6, 6.07) is 0.302. The number of carbonyl (C=O) groups excluding carboxylic acids is 1. The average molecular weight is 271 g/mol. The summed E-state index contributed by atoms with van der Waals surface area (Å²) in [5.74, 6) is 0.166. The second kappa shape index (κ2) is 5.71. The van der Waals surface area contributed by atoms with Crippen LogP contribution in [0.3, 0.4) is 0 Å². The smallest absolute Gasteiger partial charge is 0.237 e. The minimum atomic E-state index is 0. The van der Waals surface area contributed by atoms with Gasteiger partial charge in [0.1, 0.15) is 0 Å². The molecule has 3 N–H and O–H groups in total. The number of aryl methyl sites for hydroxylation is 1. The molecule has 2 heterocycles. The zero-order valence-electron chi connectivity index (χ0n) is 10.2. The summed E-state index contributed by atoms with van der Waals surface area (Å²) in [5.41, 5.74) is 2.48. The van der Waals surface area contributed by atoms with Gasteiger partial charge in [0.2, 0.25) is 5.91 Å². The minimum Gasteiger partial charge on any atom is -0.352 e. The molecule has 1 aliphatic heterocycles. The van der Waals surface area contributed by atoms with Crippen molar-refractivity contribution in [1.29, 1.82) is 0 Å². The number of halogens is 1. The van der Waals surface area contributed by atoms with Crippen molar-refractivity contribution in [3.8, 4) is 0 Å². The van der Waals surface area contributed by atoms with Gasteiger partial charge in [-0.2, -0.15) is 5.10 Å². The lowest BCUT2D eigenvalue weighted by atomic mass is 9.93. The van der Waals surface area contributed by atoms with Crippen molar-refractivity contribution in [1.82, 2.24) is 20.8 Å². The Labute approximate surface area is 113 Å². The second-order valence-electron chi connectivity index (χ2n) is 4.97. The van der Waals surface area contributed by atoms with Gasteiger partial charge in [0, 0.05) is 11.7 Å². The van der Waals surface area contributed by atoms with Gasteiger partial charge in [0.15, 0.2) is 0 Å². The Kier molecular flexibility index (Phi) is 4.24. The van der Waals surface area contributed by atoms with Gasteiger partial charge < -0.3 is 10.6 Å². The highest BCUT2D eigenvalue weighted by atomic mass is 35.5. The molecule has 0 aromatic carbocycles. The number of H-pyrrole nitrogens is 1. The molecule has 2 aliphatic rings. The highest BCUT2D eigenvalue weighted by Gasteiger charge is 2.26. The molecule has 1 aliphatic carbocycles. The standard InChI is InChI=1S/C12H18N4O.ClH/c17-12(11-2-1-5-13-11)15-9-3-4-10-8(6-9)7-14-16-10;/h7,9,11,13H,1-6H2,(H,14,16)(H,15,17);1H. The molecular weight excluding hydrogens is 252 g/mol. The molecule has 1 aromatic heterocycles. The molecule has 2 atom stereocenters. The lowest BCUT2D eigenvalue weighted by molar-refractivity contribution is -0.123. The Balaban J connectivity index is 0.00000120. The molecule has 6 heteroatoms. The molecule has 1 saturated heterocycles. The molecule has 0 radical (unpaired) electrons. The molecule has 3 rings (SSSR count). The van der Waals surface area contributed by atoms with Crippen LogP contribution in [0.4, 0.5) is 0 Å². The van der Waals surface area contributed by atoms with Crippen molar-refractivity contribution < 1.29 is 4.79 Å². The van der Waals surface area contributed by atoms with Gasteiger partial charge in [-0.1, -0.05) is 0 Å². The zero-order chi connectivity index (χ0) is 11.7. The van der Waals surface area contributed by atoms with Gasteiger partial charge in [-0.3, -0.25) is 9.89 Å². The number of carbonyl (C=O) groups is 1. The number of hydrogen-bond donors (Lipinski definition) is 3. The van der Waals surface area contributed by atoms with E-state index in [-0.39, 0.29) is 30.4 Å². The summed E-state index contributed by atoms with van der Waals surface area (Å²) >= 11 is 0. The molecule has 1 aromatic rings. The number of nitrogens with one attached hydrogen (secondary N) is 3. The third kappa shape index (κ3) is 2.67. The predicted molar refractivity (Wildman–Crippen MR) is 70.8 cm³/mol. The van der Waals surface area contributed by atoms with Gasteiger partial charge in [-0.25, -0.2) is 0 Å². The summed E-state index contributed by atoms with van der Waals surface area (Å²) < 4.78 is 0. The zero-order valence-corrected chi connectivity index (χ0v) is 11.1. The summed E-state index contributed by atoms with van der Waals surface area (Å²) in [6.45, 7) is 0.967. The number of fused-ring (bicyclic) bond motifs is 1. The highest BCUT2D eigenvalue weighted by molar-refractivity contribution is 5.85. The molecule has 1 amide bonds. The molecule has 2 unspecified atom stereocenters. The number of hydrogen-bond acceptors (Lipinski definition) is 3. The van der Waals surface area contributed by atoms with E-state index in [0.29, 0.717) is 0 Å². The molecule has 1 fully saturated rings. The van der Waals surface area contributed by atoms with Crippen LogP contribution in [-0.2, 0) is 17.6 Å². The van der Waals surface area contributed by atoms with E-state index in [4.69, 9.17) is 0 Å². The molecule has 5 nitrogen and oxygen atoms in total. The maximum absolute atomic E-state index is 12.0. The monoisotopic (exact) mass is 270 g/mol. The van der Waals surface area contributed by atoms with E-state index in [0.717, 1.165) is 38.6 Å². The summed E-state index contributed by atoms with van der Waals surface area (Å²) in [6.07, 6.45) is 6.85. The van der Waals surface area contributed by atoms with Crippen molar-refractivity contribution >= 4 is 18.3 Å². The van der Waals surface area contributed by atoms with Gasteiger partial charge in [-0.15, -0.1) is 12.4 Å². The second-order valence-corrected chi connectivity index (χ2v) is 4.97. The van der Waals surface area contributed by atoms with Crippen LogP contribution in [0.2, 0.25) is 0 Å². The van der Waals surface area contributed by atoms with Crippen LogP contribution >= 0.6 is 12.4 Å². The van der Waals surface area contributed by atoms with Crippen molar-refractivity contribution in [3.63, 3.8) is 0 Å². The van der Waals surface area contributed by atoms with Gasteiger partial charge in [0.05, 0.1) is 12.2 Å². The number of amides is 1. The minimum absolute atomic E-state index is 0. The molecule has 18 heavy (non-hydrogen) atoms. The van der Waals surface area contributed by atoms with E-state index < -0.39 is 0 Å². The van der Waals surface area contributed by atoms with Crippen molar-refractivity contribution in [2.24, 2.45) is 0 Å². The summed E-state index contributed by atoms with van der Waals surface area (Å²) in [4.78, 5) is 12.0. The van der Waals surface area contributed by atoms with Crippen LogP contribution in [-0.4, -0.2) is 34.7 Å². The Morgan fingerprint density at radius 3 is 3.11 bits per heavy atom. The van der Waals surface area contributed by atoms with E-state index in [1.165, 1.54) is 11.3 Å². The molecular formula is C12H19ClN4O. The Bertz CT molecular complexity index is 414. The van der Waals surface area contributed by atoms with Crippen molar-refractivity contribution in [2.75, 3.05) is 6.54 Å². The van der Waals surface area contributed by atoms with Gasteiger partial charge >= 0.3 is 0 Å². The maximum Gasteiger partial charge on any atom is 0.237 e. The Morgan fingerprint density at radius 1 is 1.44 bits per heavy atom. The summed E-state index contributed by atoms with van der Waals surface area (Å²) in [7, 11) is 0. The Hall–Kier alpha value is -1.07. The Morgan fingerprint density at radius 2 is 2.33 bits per heavy atom. The third-order valence-electron chi connectivity index (χ3n) is 3.74. The highest BCUT2D eigenvalue weighted by Crippen LogP contribution is 2.19. The topological polar surface area (TPSA) is 69.8 Å². The maximum atomic E-state index is 12.0. The first-order valence-corrected chi connectivity index (χ1v) is 6.38. The van der Waals surface area contributed by atoms with E-state index in [2.05, 4.69) is 20.8 Å². The number of aromatic nitrogens is 2. The fourth-order valence-electron chi connectivity index (χ4n) is 2.75. The predicted octanol–water partition coefficient (Wildman–Crippen LogP) is 0.557. The summed E-state index contributed by atoms with van der Waals surface area (Å²) in [5, 5.41) is 13.4. The molecule has 0 bridgehead atoms. The normalized spacial score (nSPS) is 26.2. The fraction of sp³-hybridized carbons (Fsp3) is 0.667. The van der Waals surface area contributed by atoms with Crippen LogP contribution < -0.4 is 10.6 Å². The number of nitrogens with zero attached hydrogens (tertiary/aromatic N) is 1. The van der Waals surface area contributed by atoms with Crippen molar-refractivity contribution in [2.45, 2.75) is 44.2 Å². The molecule has 0 saturated carbocycles. The third-order valence-corrected chi connectivity index (χ3v) is 3.74. The first-order chi connectivity index (χ1) is 8.33. The largest absolute Gasteiger partial charge is 0.352 e. The van der Waals surface area contributed by atoms with Crippen LogP contribution in [0.25, 0.3) is 0 Å². The van der Waals surface area contributed by atoms with Crippen LogP contribution in [0.15, 0.2) is 6.20 Å². The van der Waals surface area contributed by atoms with Crippen molar-refractivity contribution in [3.05, 3.63) is 17.5 Å². The number of rotatable bonds is 2. The quantitative estimate of drug-likeness (QED) is 0.735. The molecule has 0 spiro atoms.